The molecule has 0 aliphatic carbocycles. The van der Waals surface area contributed by atoms with Crippen LogP contribution in [0.15, 0.2) is 16.0 Å². The topological polar surface area (TPSA) is 80.3 Å². The van der Waals surface area contributed by atoms with E-state index >= 15 is 0 Å². The number of hydrogen-bond acceptors (Lipinski definition) is 7. The first-order chi connectivity index (χ1) is 13.0. The summed E-state index contributed by atoms with van der Waals surface area (Å²) in [6.07, 6.45) is 3.94. The molecule has 2 atom stereocenters. The van der Waals surface area contributed by atoms with Crippen molar-refractivity contribution >= 4 is 17.7 Å². The molecule has 2 bridgehead atoms. The Bertz CT molecular complexity index is 799. The maximum Gasteiger partial charge on any atom is 0.233 e. The second kappa shape index (κ2) is 7.63. The minimum Gasteiger partial charge on any atom is -0.361 e. The minimum atomic E-state index is 0.205. The van der Waals surface area contributed by atoms with Crippen LogP contribution >= 0.6 is 11.8 Å². The van der Waals surface area contributed by atoms with Crippen molar-refractivity contribution in [2.45, 2.75) is 44.4 Å². The SMILES string of the molecule is Cc1noc(C)c1CN1C[C@@H]2CC[C@H](C1)N(C(=O)CSc1nncn1C)C2. The molecule has 0 saturated carbocycles. The number of thioether (sulfide) groups is 1. The first-order valence-electron chi connectivity index (χ1n) is 9.41. The van der Waals surface area contributed by atoms with Crippen LogP contribution in [0.2, 0.25) is 0 Å². The number of rotatable bonds is 5. The summed E-state index contributed by atoms with van der Waals surface area (Å²) in [6.45, 7) is 7.63. The lowest BCUT2D eigenvalue weighted by Gasteiger charge is -2.36. The number of aromatic nitrogens is 4. The van der Waals surface area contributed by atoms with Crippen molar-refractivity contribution in [2.24, 2.45) is 13.0 Å². The molecule has 3 aliphatic heterocycles. The van der Waals surface area contributed by atoms with Crippen molar-refractivity contribution in [2.75, 3.05) is 25.4 Å². The third-order valence-electron chi connectivity index (χ3n) is 5.67. The zero-order chi connectivity index (χ0) is 19.0. The average molecular weight is 391 g/mol. The van der Waals surface area contributed by atoms with E-state index in [0.717, 1.165) is 49.2 Å². The Hall–Kier alpha value is -1.87. The summed E-state index contributed by atoms with van der Waals surface area (Å²) >= 11 is 1.46. The van der Waals surface area contributed by atoms with Crippen LogP contribution in [-0.4, -0.2) is 67.1 Å². The predicted molar refractivity (Wildman–Crippen MR) is 101 cm³/mol. The number of hydrogen-bond donors (Lipinski definition) is 0. The van der Waals surface area contributed by atoms with Gasteiger partial charge in [-0.05, 0) is 32.6 Å². The molecule has 0 N–H and O–H groups in total. The fourth-order valence-corrected chi connectivity index (χ4v) is 4.95. The monoisotopic (exact) mass is 390 g/mol. The first kappa shape index (κ1) is 18.5. The zero-order valence-corrected chi connectivity index (χ0v) is 16.9. The quantitative estimate of drug-likeness (QED) is 0.718. The lowest BCUT2D eigenvalue weighted by Crippen LogP contribution is -2.48. The standard InChI is InChI=1S/C18H26N6O2S/c1-12-16(13(2)26-21-12)9-23-6-14-4-5-15(8-23)24(7-14)17(25)10-27-18-20-19-11-22(18)3/h11,14-15H,4-10H2,1-3H3/t14-,15+/m0/s1. The van der Waals surface area contributed by atoms with E-state index in [2.05, 4.69) is 25.2 Å². The van der Waals surface area contributed by atoms with Crippen molar-refractivity contribution in [3.63, 3.8) is 0 Å². The first-order valence-corrected chi connectivity index (χ1v) is 10.4. The summed E-state index contributed by atoms with van der Waals surface area (Å²) in [5.74, 6) is 2.06. The predicted octanol–water partition coefficient (Wildman–Crippen LogP) is 1.64. The van der Waals surface area contributed by atoms with Crippen LogP contribution in [0.1, 0.15) is 29.9 Å². The molecule has 1 amide bonds. The summed E-state index contributed by atoms with van der Waals surface area (Å²) < 4.78 is 7.16. The Labute approximate surface area is 163 Å². The van der Waals surface area contributed by atoms with Crippen LogP contribution < -0.4 is 0 Å². The van der Waals surface area contributed by atoms with E-state index in [9.17, 15) is 4.79 Å². The van der Waals surface area contributed by atoms with Crippen molar-refractivity contribution in [3.05, 3.63) is 23.3 Å². The van der Waals surface area contributed by atoms with E-state index in [0.29, 0.717) is 11.7 Å². The summed E-state index contributed by atoms with van der Waals surface area (Å²) in [6, 6.07) is 0.289. The lowest BCUT2D eigenvalue weighted by molar-refractivity contribution is -0.132. The van der Waals surface area contributed by atoms with Gasteiger partial charge >= 0.3 is 0 Å². The molecular formula is C18H26N6O2S. The molecular weight excluding hydrogens is 364 g/mol. The van der Waals surface area contributed by atoms with Crippen molar-refractivity contribution < 1.29 is 9.32 Å². The second-order valence-electron chi connectivity index (χ2n) is 7.65. The molecule has 27 heavy (non-hydrogen) atoms. The molecule has 5 rings (SSSR count). The number of piperidine rings is 1. The van der Waals surface area contributed by atoms with Gasteiger partial charge in [0.15, 0.2) is 5.16 Å². The number of amides is 1. The lowest BCUT2D eigenvalue weighted by atomic mass is 9.95. The van der Waals surface area contributed by atoms with E-state index in [-0.39, 0.29) is 11.9 Å². The van der Waals surface area contributed by atoms with E-state index in [1.54, 1.807) is 6.33 Å². The molecule has 146 valence electrons. The molecule has 9 heteroatoms. The Morgan fingerprint density at radius 2 is 2.15 bits per heavy atom. The number of fused-ring (bicyclic) bond motifs is 4. The summed E-state index contributed by atoms with van der Waals surface area (Å²) in [7, 11) is 1.90. The molecule has 5 heterocycles. The minimum absolute atomic E-state index is 0.205. The Balaban J connectivity index is 1.40. The van der Waals surface area contributed by atoms with Crippen LogP contribution in [0.5, 0.6) is 0 Å². The fourth-order valence-electron chi connectivity index (χ4n) is 4.18. The van der Waals surface area contributed by atoms with Gasteiger partial charge in [0, 0.05) is 44.8 Å². The van der Waals surface area contributed by atoms with Gasteiger partial charge in [0.05, 0.1) is 11.4 Å². The molecule has 8 nitrogen and oxygen atoms in total. The largest absolute Gasteiger partial charge is 0.361 e. The normalized spacial score (nSPS) is 23.0. The molecule has 0 spiro atoms. The van der Waals surface area contributed by atoms with E-state index in [1.807, 2.05) is 25.5 Å². The fraction of sp³-hybridized carbons (Fsp3) is 0.667. The maximum absolute atomic E-state index is 12.9. The summed E-state index contributed by atoms with van der Waals surface area (Å²) in [4.78, 5) is 17.5. The van der Waals surface area contributed by atoms with Gasteiger partial charge in [-0.3, -0.25) is 9.69 Å². The highest BCUT2D eigenvalue weighted by molar-refractivity contribution is 7.99. The van der Waals surface area contributed by atoms with Crippen molar-refractivity contribution in [1.82, 2.24) is 29.7 Å². The summed E-state index contributed by atoms with van der Waals surface area (Å²) in [5, 5.41) is 12.8. The van der Waals surface area contributed by atoms with E-state index in [1.165, 1.54) is 23.7 Å². The number of carbonyl (C=O) groups excluding carboxylic acids is 1. The van der Waals surface area contributed by atoms with Crippen LogP contribution in [0.25, 0.3) is 0 Å². The number of aryl methyl sites for hydroxylation is 3. The van der Waals surface area contributed by atoms with Gasteiger partial charge in [0.25, 0.3) is 0 Å². The van der Waals surface area contributed by atoms with Gasteiger partial charge in [-0.2, -0.15) is 0 Å². The molecule has 3 aliphatic rings. The molecule has 3 saturated heterocycles. The molecule has 0 radical (unpaired) electrons. The summed E-state index contributed by atoms with van der Waals surface area (Å²) in [5.41, 5.74) is 2.16. The van der Waals surface area contributed by atoms with Crippen LogP contribution in [0.4, 0.5) is 0 Å². The van der Waals surface area contributed by atoms with Gasteiger partial charge in [0.1, 0.15) is 12.1 Å². The van der Waals surface area contributed by atoms with E-state index in [4.69, 9.17) is 4.52 Å². The van der Waals surface area contributed by atoms with Gasteiger partial charge in [0.2, 0.25) is 5.91 Å². The Kier molecular flexibility index (Phi) is 5.23. The van der Waals surface area contributed by atoms with E-state index < -0.39 is 0 Å². The van der Waals surface area contributed by atoms with Crippen LogP contribution in [-0.2, 0) is 18.4 Å². The van der Waals surface area contributed by atoms with Gasteiger partial charge < -0.3 is 14.0 Å². The Morgan fingerprint density at radius 1 is 1.30 bits per heavy atom. The maximum atomic E-state index is 12.9. The second-order valence-corrected chi connectivity index (χ2v) is 8.60. The third kappa shape index (κ3) is 3.89. The Morgan fingerprint density at radius 3 is 2.85 bits per heavy atom. The smallest absolute Gasteiger partial charge is 0.233 e. The van der Waals surface area contributed by atoms with Crippen LogP contribution in [0, 0.1) is 19.8 Å². The highest BCUT2D eigenvalue weighted by atomic mass is 32.2. The highest BCUT2D eigenvalue weighted by Crippen LogP contribution is 2.30. The average Bonchev–Trinajstić information content (AvgIpc) is 3.06. The number of nitrogens with zero attached hydrogens (tertiary/aromatic N) is 6. The third-order valence-corrected chi connectivity index (χ3v) is 6.69. The van der Waals surface area contributed by atoms with Crippen molar-refractivity contribution in [3.8, 4) is 0 Å². The molecule has 3 fully saturated rings. The van der Waals surface area contributed by atoms with Crippen LogP contribution in [0.3, 0.4) is 0 Å². The zero-order valence-electron chi connectivity index (χ0n) is 16.1. The molecule has 2 aromatic rings. The highest BCUT2D eigenvalue weighted by Gasteiger charge is 2.37. The number of carbonyl (C=O) groups is 1. The molecule has 0 aromatic carbocycles. The molecule has 2 aromatic heterocycles. The van der Waals surface area contributed by atoms with Gasteiger partial charge in [-0.25, -0.2) is 0 Å². The van der Waals surface area contributed by atoms with Gasteiger partial charge in [-0.15, -0.1) is 10.2 Å². The van der Waals surface area contributed by atoms with Gasteiger partial charge in [-0.1, -0.05) is 16.9 Å². The molecule has 0 unspecified atom stereocenters. The van der Waals surface area contributed by atoms with Crippen molar-refractivity contribution in [1.29, 1.82) is 0 Å².